The number of anilines is 1. The van der Waals surface area contributed by atoms with Crippen LogP contribution in [0.2, 0.25) is 5.28 Å². The van der Waals surface area contributed by atoms with Gasteiger partial charge in [-0.25, -0.2) is 4.98 Å². The molecule has 212 valence electrons. The highest BCUT2D eigenvalue weighted by Gasteiger charge is 2.45. The van der Waals surface area contributed by atoms with Crippen molar-refractivity contribution in [1.82, 2.24) is 34.5 Å². The number of phenolic OH excluding ortho intramolecular Hbond substituents is 2. The number of fused-ring (bicyclic) bond motifs is 1. The minimum Gasteiger partial charge on any atom is -0.508 e. The summed E-state index contributed by atoms with van der Waals surface area (Å²) in [6.07, 6.45) is 0.883. The first-order valence-electron chi connectivity index (χ1n) is 12.9. The van der Waals surface area contributed by atoms with E-state index in [0.29, 0.717) is 29.2 Å². The molecule has 4 atom stereocenters. The van der Waals surface area contributed by atoms with Gasteiger partial charge in [0, 0.05) is 12.5 Å². The summed E-state index contributed by atoms with van der Waals surface area (Å²) in [5, 5.41) is 62.2. The van der Waals surface area contributed by atoms with Crippen LogP contribution in [0.3, 0.4) is 0 Å². The van der Waals surface area contributed by atoms with Crippen molar-refractivity contribution in [2.45, 2.75) is 43.2 Å². The fourth-order valence-electron chi connectivity index (χ4n) is 5.33. The van der Waals surface area contributed by atoms with Crippen molar-refractivity contribution in [3.8, 4) is 11.5 Å². The van der Waals surface area contributed by atoms with E-state index in [1.165, 1.54) is 17.3 Å². The highest BCUT2D eigenvalue weighted by molar-refractivity contribution is 6.28. The number of hydrogen-bond donors (Lipinski definition) is 6. The standard InChI is InChI=1S/C27H27ClN8O5/c28-27-32-25(29-11-19(14-1-5-17(38)6-2-14)15-3-7-18(39)8-4-15)22-26(33-27)35(13-30-22)20-9-21(24(41)23(20)40)36-31-10-16(12-37)34-36/h1-8,10,13,19-21,23-24,37-41H,9,11-12H2,(H,29,32,33)/t20-,21+,23+,24-/m1/s1. The zero-order valence-electron chi connectivity index (χ0n) is 21.5. The van der Waals surface area contributed by atoms with Gasteiger partial charge in [0.1, 0.15) is 35.4 Å². The average molecular weight is 579 g/mol. The zero-order chi connectivity index (χ0) is 28.7. The van der Waals surface area contributed by atoms with Gasteiger partial charge in [0.2, 0.25) is 5.28 Å². The Labute approximate surface area is 238 Å². The van der Waals surface area contributed by atoms with Gasteiger partial charge in [-0.15, -0.1) is 0 Å². The van der Waals surface area contributed by atoms with Crippen molar-refractivity contribution in [3.05, 3.63) is 83.2 Å². The van der Waals surface area contributed by atoms with E-state index < -0.39 is 24.3 Å². The number of aromatic nitrogens is 7. The minimum atomic E-state index is -1.17. The number of phenols is 2. The molecule has 5 aromatic rings. The van der Waals surface area contributed by atoms with Gasteiger partial charge in [-0.05, 0) is 53.4 Å². The van der Waals surface area contributed by atoms with E-state index in [2.05, 4.69) is 30.5 Å². The fourth-order valence-corrected chi connectivity index (χ4v) is 5.49. The molecule has 0 bridgehead atoms. The zero-order valence-corrected chi connectivity index (χ0v) is 22.3. The number of aliphatic hydroxyl groups is 3. The van der Waals surface area contributed by atoms with Crippen molar-refractivity contribution in [2.24, 2.45) is 0 Å². The predicted octanol–water partition coefficient (Wildman–Crippen LogP) is 2.13. The fraction of sp³-hybridized carbons (Fsp3) is 0.296. The van der Waals surface area contributed by atoms with E-state index in [4.69, 9.17) is 11.6 Å². The third-order valence-corrected chi connectivity index (χ3v) is 7.62. The van der Waals surface area contributed by atoms with Gasteiger partial charge in [0.15, 0.2) is 17.0 Å². The van der Waals surface area contributed by atoms with Crippen LogP contribution >= 0.6 is 11.6 Å². The molecule has 1 aliphatic carbocycles. The third kappa shape index (κ3) is 5.15. The van der Waals surface area contributed by atoms with Crippen LogP contribution in [-0.4, -0.2) is 78.8 Å². The second-order valence-corrected chi connectivity index (χ2v) is 10.3. The molecule has 13 nitrogen and oxygen atoms in total. The second-order valence-electron chi connectivity index (χ2n) is 9.95. The van der Waals surface area contributed by atoms with Crippen LogP contribution in [0.25, 0.3) is 11.2 Å². The summed E-state index contributed by atoms with van der Waals surface area (Å²) in [7, 11) is 0. The summed E-state index contributed by atoms with van der Waals surface area (Å²) < 4.78 is 1.66. The average Bonchev–Trinajstić information content (AvgIpc) is 3.68. The first kappa shape index (κ1) is 26.9. The number of halogens is 1. The molecule has 0 spiro atoms. The number of hydrogen-bond acceptors (Lipinski definition) is 11. The molecule has 2 aromatic carbocycles. The maximum atomic E-state index is 10.9. The Balaban J connectivity index is 1.30. The molecule has 0 radical (unpaired) electrons. The molecule has 41 heavy (non-hydrogen) atoms. The minimum absolute atomic E-state index is 0.0292. The molecule has 0 saturated heterocycles. The lowest BCUT2D eigenvalue weighted by Gasteiger charge is -2.20. The van der Waals surface area contributed by atoms with Gasteiger partial charge in [-0.2, -0.15) is 25.0 Å². The maximum absolute atomic E-state index is 10.9. The number of aliphatic hydroxyl groups excluding tert-OH is 3. The molecular formula is C27H27ClN8O5. The molecular weight excluding hydrogens is 552 g/mol. The van der Waals surface area contributed by atoms with Crippen LogP contribution in [-0.2, 0) is 6.61 Å². The van der Waals surface area contributed by atoms with E-state index in [-0.39, 0.29) is 35.7 Å². The molecule has 6 N–H and O–H groups in total. The predicted molar refractivity (Wildman–Crippen MR) is 148 cm³/mol. The summed E-state index contributed by atoms with van der Waals surface area (Å²) in [5.41, 5.74) is 3.01. The molecule has 1 fully saturated rings. The van der Waals surface area contributed by atoms with E-state index >= 15 is 0 Å². The Bertz CT molecular complexity index is 1610. The Morgan fingerprint density at radius 3 is 2.17 bits per heavy atom. The number of benzene rings is 2. The number of nitrogens with one attached hydrogen (secondary N) is 1. The number of rotatable bonds is 8. The summed E-state index contributed by atoms with van der Waals surface area (Å²) in [6, 6.07) is 12.5. The summed E-state index contributed by atoms with van der Waals surface area (Å²) in [6.45, 7) is 0.0857. The van der Waals surface area contributed by atoms with Gasteiger partial charge in [0.25, 0.3) is 0 Å². The molecule has 3 heterocycles. The molecule has 14 heteroatoms. The largest absolute Gasteiger partial charge is 0.508 e. The van der Waals surface area contributed by atoms with Crippen molar-refractivity contribution in [2.75, 3.05) is 11.9 Å². The first-order chi connectivity index (χ1) is 19.8. The van der Waals surface area contributed by atoms with Crippen molar-refractivity contribution in [3.63, 3.8) is 0 Å². The summed E-state index contributed by atoms with van der Waals surface area (Å²) in [5.74, 6) is 0.506. The third-order valence-electron chi connectivity index (χ3n) is 7.45. The summed E-state index contributed by atoms with van der Waals surface area (Å²) >= 11 is 6.33. The van der Waals surface area contributed by atoms with Gasteiger partial charge < -0.3 is 35.4 Å². The second kappa shape index (κ2) is 10.9. The quantitative estimate of drug-likeness (QED) is 0.148. The van der Waals surface area contributed by atoms with E-state index in [0.717, 1.165) is 11.1 Å². The lowest BCUT2D eigenvalue weighted by molar-refractivity contribution is 0.00491. The number of imidazole rings is 1. The van der Waals surface area contributed by atoms with Crippen LogP contribution in [0, 0.1) is 0 Å². The molecule has 0 unspecified atom stereocenters. The smallest absolute Gasteiger partial charge is 0.226 e. The number of nitrogens with zero attached hydrogens (tertiary/aromatic N) is 7. The molecule has 0 aliphatic heterocycles. The highest BCUT2D eigenvalue weighted by Crippen LogP contribution is 2.40. The lowest BCUT2D eigenvalue weighted by atomic mass is 9.91. The van der Waals surface area contributed by atoms with Crippen molar-refractivity contribution >= 4 is 28.6 Å². The monoisotopic (exact) mass is 578 g/mol. The Morgan fingerprint density at radius 1 is 0.927 bits per heavy atom. The van der Waals surface area contributed by atoms with Crippen LogP contribution in [0.1, 0.15) is 41.2 Å². The van der Waals surface area contributed by atoms with Crippen molar-refractivity contribution < 1.29 is 25.5 Å². The van der Waals surface area contributed by atoms with E-state index in [1.54, 1.807) is 28.8 Å². The van der Waals surface area contributed by atoms with Crippen LogP contribution in [0.15, 0.2) is 61.1 Å². The number of aromatic hydroxyl groups is 2. The summed E-state index contributed by atoms with van der Waals surface area (Å²) in [4.78, 5) is 14.6. The Hall–Kier alpha value is -4.30. The Morgan fingerprint density at radius 2 is 1.56 bits per heavy atom. The highest BCUT2D eigenvalue weighted by atomic mass is 35.5. The van der Waals surface area contributed by atoms with Crippen molar-refractivity contribution in [1.29, 1.82) is 0 Å². The lowest BCUT2D eigenvalue weighted by Crippen LogP contribution is -2.31. The van der Waals surface area contributed by atoms with Gasteiger partial charge in [-0.3, -0.25) is 0 Å². The first-order valence-corrected chi connectivity index (χ1v) is 13.3. The molecule has 1 aliphatic rings. The maximum Gasteiger partial charge on any atom is 0.226 e. The van der Waals surface area contributed by atoms with Gasteiger partial charge in [0.05, 0.1) is 25.2 Å². The SMILES string of the molecule is OCc1cnn([C@H]2C[C@@H](n3cnc4c(NCC(c5ccc(O)cc5)c5ccc(O)cc5)nc(Cl)nc43)[C@H](O)[C@@H]2O)n1. The molecule has 3 aromatic heterocycles. The van der Waals surface area contributed by atoms with Gasteiger partial charge >= 0.3 is 0 Å². The van der Waals surface area contributed by atoms with Gasteiger partial charge in [-0.1, -0.05) is 24.3 Å². The van der Waals surface area contributed by atoms with Crippen LogP contribution in [0.5, 0.6) is 11.5 Å². The molecule has 0 amide bonds. The van der Waals surface area contributed by atoms with Crippen LogP contribution in [0.4, 0.5) is 5.82 Å². The Kier molecular flexibility index (Phi) is 7.17. The molecule has 1 saturated carbocycles. The van der Waals surface area contributed by atoms with E-state index in [9.17, 15) is 25.5 Å². The molecule has 6 rings (SSSR count). The van der Waals surface area contributed by atoms with Crippen LogP contribution < -0.4 is 5.32 Å². The normalized spacial score (nSPS) is 20.7. The van der Waals surface area contributed by atoms with E-state index in [1.807, 2.05) is 24.3 Å². The topological polar surface area (TPSA) is 187 Å².